The van der Waals surface area contributed by atoms with Crippen LogP contribution in [0.5, 0.6) is 5.75 Å². The van der Waals surface area contributed by atoms with Crippen LogP contribution in [0, 0.1) is 12.5 Å². The third-order valence-corrected chi connectivity index (χ3v) is 7.44. The van der Waals surface area contributed by atoms with Gasteiger partial charge in [0.05, 0.1) is 47.1 Å². The van der Waals surface area contributed by atoms with E-state index in [1.807, 2.05) is 0 Å². The molecule has 1 aliphatic heterocycles. The van der Waals surface area contributed by atoms with Gasteiger partial charge < -0.3 is 15.4 Å². The number of rotatable bonds is 6. The van der Waals surface area contributed by atoms with E-state index in [-0.39, 0.29) is 24.5 Å². The molecule has 0 atom stereocenters. The second-order valence-electron chi connectivity index (χ2n) is 9.09. The monoisotopic (exact) mass is 523 g/mol. The molecule has 36 heavy (non-hydrogen) atoms. The number of carbonyl (C=O) groups excluding carboxylic acids is 2. The normalized spacial score (nSPS) is 18.6. The fraction of sp³-hybridized carbons (Fsp3) is 0.308. The van der Waals surface area contributed by atoms with E-state index in [9.17, 15) is 9.59 Å². The first-order chi connectivity index (χ1) is 17.3. The van der Waals surface area contributed by atoms with Gasteiger partial charge in [0.2, 0.25) is 5.91 Å². The molecule has 0 bridgehead atoms. The van der Waals surface area contributed by atoms with E-state index in [1.54, 1.807) is 52.0 Å². The van der Waals surface area contributed by atoms with Crippen molar-refractivity contribution in [2.24, 2.45) is 11.7 Å². The highest BCUT2D eigenvalue weighted by molar-refractivity contribution is 6.42. The SMILES string of the molecule is [C-]#[N+]c1ccc(OC2CC(CC(=O)N3CCn4nc(-c5ccc(Cl)c(Cl)c5)c(C(N)=O)c4C3)C2)cc1. The molecule has 2 amide bonds. The third kappa shape index (κ3) is 4.77. The van der Waals surface area contributed by atoms with Crippen molar-refractivity contribution in [2.45, 2.75) is 38.5 Å². The number of ether oxygens (including phenoxy) is 1. The molecule has 8 nitrogen and oxygen atoms in total. The number of halogens is 2. The van der Waals surface area contributed by atoms with Gasteiger partial charge in [-0.25, -0.2) is 4.85 Å². The molecule has 184 valence electrons. The summed E-state index contributed by atoms with van der Waals surface area (Å²) in [5.74, 6) is 0.423. The van der Waals surface area contributed by atoms with Crippen molar-refractivity contribution in [3.05, 3.63) is 75.2 Å². The van der Waals surface area contributed by atoms with Gasteiger partial charge >= 0.3 is 0 Å². The smallest absolute Gasteiger partial charge is 0.252 e. The van der Waals surface area contributed by atoms with Gasteiger partial charge in [-0.2, -0.15) is 5.10 Å². The Hall–Kier alpha value is -3.54. The average Bonchev–Trinajstić information content (AvgIpc) is 3.24. The molecule has 10 heteroatoms. The Morgan fingerprint density at radius 2 is 1.86 bits per heavy atom. The maximum atomic E-state index is 13.1. The molecule has 2 aliphatic rings. The molecule has 5 rings (SSSR count). The molecule has 1 saturated carbocycles. The van der Waals surface area contributed by atoms with Crippen LogP contribution in [-0.2, 0) is 17.9 Å². The van der Waals surface area contributed by atoms with Gasteiger partial charge in [-0.15, -0.1) is 0 Å². The minimum absolute atomic E-state index is 0.0406. The standard InChI is InChI=1S/C26H23Cl2N5O3/c1-30-17-3-5-18(6-4-17)36-19-10-15(11-19)12-23(34)32-8-9-33-22(14-32)24(26(29)35)25(31-33)16-2-7-20(27)21(28)13-16/h2-7,13,15,19H,8-12,14H2,(H2,29,35). The van der Waals surface area contributed by atoms with E-state index in [0.29, 0.717) is 57.8 Å². The number of hydrogen-bond donors (Lipinski definition) is 1. The van der Waals surface area contributed by atoms with Crippen molar-refractivity contribution in [2.75, 3.05) is 6.54 Å². The number of hydrogen-bond acceptors (Lipinski definition) is 4. The van der Waals surface area contributed by atoms with E-state index in [4.69, 9.17) is 40.2 Å². The molecule has 2 aromatic carbocycles. The van der Waals surface area contributed by atoms with E-state index < -0.39 is 5.91 Å². The van der Waals surface area contributed by atoms with Gasteiger partial charge in [-0.3, -0.25) is 14.3 Å². The fourth-order valence-electron chi connectivity index (χ4n) is 4.74. The number of benzene rings is 2. The highest BCUT2D eigenvalue weighted by Gasteiger charge is 2.35. The molecule has 3 aromatic rings. The summed E-state index contributed by atoms with van der Waals surface area (Å²) in [6, 6.07) is 12.1. The van der Waals surface area contributed by atoms with E-state index >= 15 is 0 Å². The van der Waals surface area contributed by atoms with Crippen molar-refractivity contribution in [3.63, 3.8) is 0 Å². The predicted molar refractivity (Wildman–Crippen MR) is 136 cm³/mol. The van der Waals surface area contributed by atoms with Crippen LogP contribution >= 0.6 is 23.2 Å². The maximum Gasteiger partial charge on any atom is 0.252 e. The molecule has 0 spiro atoms. The Bertz CT molecular complexity index is 1370. The minimum atomic E-state index is -0.602. The fourth-order valence-corrected chi connectivity index (χ4v) is 5.04. The van der Waals surface area contributed by atoms with Crippen molar-refractivity contribution in [3.8, 4) is 17.0 Å². The summed E-state index contributed by atoms with van der Waals surface area (Å²) in [4.78, 5) is 30.6. The van der Waals surface area contributed by atoms with Gasteiger partial charge in [-0.1, -0.05) is 41.4 Å². The highest BCUT2D eigenvalue weighted by atomic mass is 35.5. The number of carbonyl (C=O) groups is 2. The molecule has 1 aromatic heterocycles. The molecular formula is C26H23Cl2N5O3. The average molecular weight is 524 g/mol. The van der Waals surface area contributed by atoms with E-state index in [0.717, 1.165) is 18.6 Å². The van der Waals surface area contributed by atoms with E-state index in [1.165, 1.54) is 0 Å². The van der Waals surface area contributed by atoms with Crippen molar-refractivity contribution >= 4 is 40.7 Å². The summed E-state index contributed by atoms with van der Waals surface area (Å²) in [7, 11) is 0. The summed E-state index contributed by atoms with van der Waals surface area (Å²) in [5.41, 5.74) is 8.31. The van der Waals surface area contributed by atoms with Gasteiger partial charge in [0.25, 0.3) is 5.91 Å². The van der Waals surface area contributed by atoms with Crippen LogP contribution in [0.25, 0.3) is 16.1 Å². The first kappa shape index (κ1) is 24.2. The highest BCUT2D eigenvalue weighted by Crippen LogP contribution is 2.36. The van der Waals surface area contributed by atoms with Crippen LogP contribution in [0.15, 0.2) is 42.5 Å². The van der Waals surface area contributed by atoms with Crippen LogP contribution in [0.3, 0.4) is 0 Å². The Balaban J connectivity index is 1.22. The molecular weight excluding hydrogens is 501 g/mol. The summed E-state index contributed by atoms with van der Waals surface area (Å²) in [6.07, 6.45) is 2.10. The lowest BCUT2D eigenvalue weighted by molar-refractivity contribution is -0.135. The minimum Gasteiger partial charge on any atom is -0.491 e. The second-order valence-corrected chi connectivity index (χ2v) is 9.90. The van der Waals surface area contributed by atoms with Gasteiger partial charge in [0.15, 0.2) is 5.69 Å². The Kier molecular flexibility index (Phi) is 6.61. The van der Waals surface area contributed by atoms with Crippen LogP contribution < -0.4 is 10.5 Å². The lowest BCUT2D eigenvalue weighted by Crippen LogP contribution is -2.42. The maximum absolute atomic E-state index is 13.1. The first-order valence-corrected chi connectivity index (χ1v) is 12.3. The second kappa shape index (κ2) is 9.84. The van der Waals surface area contributed by atoms with Crippen LogP contribution in [0.1, 0.15) is 35.3 Å². The lowest BCUT2D eigenvalue weighted by atomic mass is 9.79. The van der Waals surface area contributed by atoms with Gasteiger partial charge in [0, 0.05) is 18.5 Å². The zero-order valence-corrected chi connectivity index (χ0v) is 20.8. The van der Waals surface area contributed by atoms with Gasteiger partial charge in [0.1, 0.15) is 11.4 Å². The summed E-state index contributed by atoms with van der Waals surface area (Å²) >= 11 is 12.2. The van der Waals surface area contributed by atoms with Crippen molar-refractivity contribution < 1.29 is 14.3 Å². The number of primary amides is 1. The summed E-state index contributed by atoms with van der Waals surface area (Å²) in [5, 5.41) is 5.36. The van der Waals surface area contributed by atoms with Crippen LogP contribution in [0.4, 0.5) is 5.69 Å². The quantitative estimate of drug-likeness (QED) is 0.454. The lowest BCUT2D eigenvalue weighted by Gasteiger charge is -2.37. The summed E-state index contributed by atoms with van der Waals surface area (Å²) < 4.78 is 7.69. The Morgan fingerprint density at radius 3 is 2.53 bits per heavy atom. The first-order valence-electron chi connectivity index (χ1n) is 11.6. The van der Waals surface area contributed by atoms with Crippen molar-refractivity contribution in [1.29, 1.82) is 0 Å². The predicted octanol–water partition coefficient (Wildman–Crippen LogP) is 5.10. The number of nitrogens with zero attached hydrogens (tertiary/aromatic N) is 4. The topological polar surface area (TPSA) is 94.8 Å². The molecule has 1 aliphatic carbocycles. The Labute approximate surface area is 218 Å². The molecule has 1 fully saturated rings. The largest absolute Gasteiger partial charge is 0.491 e. The molecule has 0 saturated heterocycles. The third-order valence-electron chi connectivity index (χ3n) is 6.70. The van der Waals surface area contributed by atoms with Crippen LogP contribution in [-0.4, -0.2) is 39.1 Å². The van der Waals surface area contributed by atoms with Crippen LogP contribution in [0.2, 0.25) is 10.0 Å². The number of fused-ring (bicyclic) bond motifs is 1. The van der Waals surface area contributed by atoms with E-state index in [2.05, 4.69) is 9.94 Å². The molecule has 2 N–H and O–H groups in total. The zero-order valence-electron chi connectivity index (χ0n) is 19.3. The Morgan fingerprint density at radius 1 is 1.11 bits per heavy atom. The molecule has 0 radical (unpaired) electrons. The number of amides is 2. The van der Waals surface area contributed by atoms with Crippen molar-refractivity contribution in [1.82, 2.24) is 14.7 Å². The number of aromatic nitrogens is 2. The number of nitrogens with two attached hydrogens (primary N) is 1. The molecule has 2 heterocycles. The molecule has 0 unspecified atom stereocenters. The van der Waals surface area contributed by atoms with Gasteiger partial charge in [-0.05, 0) is 43.0 Å². The summed E-state index contributed by atoms with van der Waals surface area (Å²) in [6.45, 7) is 8.27. The zero-order chi connectivity index (χ0) is 25.4.